The maximum absolute atomic E-state index is 10.5. The van der Waals surface area contributed by atoms with Gasteiger partial charge in [0.05, 0.1) is 24.5 Å². The van der Waals surface area contributed by atoms with Gasteiger partial charge >= 0.3 is 0 Å². The topological polar surface area (TPSA) is 66.4 Å². The first kappa shape index (κ1) is 10.8. The van der Waals surface area contributed by atoms with Gasteiger partial charge < -0.3 is 14.3 Å². The van der Waals surface area contributed by atoms with E-state index in [0.29, 0.717) is 12.2 Å². The van der Waals surface area contributed by atoms with E-state index < -0.39 is 11.5 Å². The number of nitriles is 1. The van der Waals surface area contributed by atoms with Gasteiger partial charge in [-0.15, -0.1) is 0 Å². The van der Waals surface area contributed by atoms with Crippen LogP contribution >= 0.6 is 0 Å². The number of furan rings is 1. The fourth-order valence-corrected chi connectivity index (χ4v) is 3.11. The second-order valence-electron chi connectivity index (χ2n) is 5.05. The zero-order valence-electron chi connectivity index (χ0n) is 9.72. The number of rotatable bonds is 2. The lowest BCUT2D eigenvalue weighted by Crippen LogP contribution is -2.37. The van der Waals surface area contributed by atoms with Gasteiger partial charge in [-0.2, -0.15) is 5.26 Å². The number of aryl methyl sites for hydroxylation is 1. The van der Waals surface area contributed by atoms with Crippen LogP contribution in [0, 0.1) is 23.7 Å². The molecule has 0 amide bonds. The van der Waals surface area contributed by atoms with Crippen LogP contribution < -0.4 is 0 Å². The van der Waals surface area contributed by atoms with Crippen LogP contribution in [-0.2, 0) is 4.74 Å². The average molecular weight is 233 g/mol. The van der Waals surface area contributed by atoms with Gasteiger partial charge in [0.25, 0.3) is 0 Å². The van der Waals surface area contributed by atoms with E-state index in [-0.39, 0.29) is 12.2 Å². The van der Waals surface area contributed by atoms with E-state index in [4.69, 9.17) is 9.15 Å². The number of hydrogen-bond donors (Lipinski definition) is 1. The first-order chi connectivity index (χ1) is 8.17. The summed E-state index contributed by atoms with van der Waals surface area (Å²) in [6, 6.07) is 4.09. The van der Waals surface area contributed by atoms with Crippen LogP contribution in [0.3, 0.4) is 0 Å². The Kier molecular flexibility index (Phi) is 2.29. The fraction of sp³-hybridized carbons (Fsp3) is 0.615. The standard InChI is InChI=1S/C13H15NO3/c1-8-4-5-16-11(8)12(15)13(7-14)6-9-2-3-10(13)17-9/h4-5,9-10,12,15H,2-3,6H2,1H3. The number of aliphatic hydroxyl groups is 1. The summed E-state index contributed by atoms with van der Waals surface area (Å²) in [6.45, 7) is 1.88. The summed E-state index contributed by atoms with van der Waals surface area (Å²) in [7, 11) is 0. The summed E-state index contributed by atoms with van der Waals surface area (Å²) >= 11 is 0. The van der Waals surface area contributed by atoms with Gasteiger partial charge in [0.2, 0.25) is 0 Å². The van der Waals surface area contributed by atoms with Crippen molar-refractivity contribution in [2.45, 2.75) is 44.5 Å². The lowest BCUT2D eigenvalue weighted by Gasteiger charge is -2.32. The molecule has 1 N–H and O–H groups in total. The minimum Gasteiger partial charge on any atom is -0.466 e. The Morgan fingerprint density at radius 2 is 2.41 bits per heavy atom. The Morgan fingerprint density at radius 1 is 1.59 bits per heavy atom. The first-order valence-corrected chi connectivity index (χ1v) is 5.96. The minimum atomic E-state index is -0.891. The maximum Gasteiger partial charge on any atom is 0.136 e. The van der Waals surface area contributed by atoms with E-state index in [2.05, 4.69) is 6.07 Å². The molecule has 0 aliphatic carbocycles. The van der Waals surface area contributed by atoms with Crippen LogP contribution in [0.15, 0.2) is 16.7 Å². The Balaban J connectivity index is 1.97. The molecule has 4 unspecified atom stereocenters. The summed E-state index contributed by atoms with van der Waals surface area (Å²) in [5.74, 6) is 0.503. The minimum absolute atomic E-state index is 0.129. The van der Waals surface area contributed by atoms with E-state index >= 15 is 0 Å². The average Bonchev–Trinajstić information content (AvgIpc) is 3.02. The molecular weight excluding hydrogens is 218 g/mol. The first-order valence-electron chi connectivity index (χ1n) is 5.96. The lowest BCUT2D eigenvalue weighted by molar-refractivity contribution is -0.00795. The van der Waals surface area contributed by atoms with Gasteiger partial charge in [-0.1, -0.05) is 0 Å². The molecular formula is C13H15NO3. The van der Waals surface area contributed by atoms with Gasteiger partial charge in [-0.05, 0) is 37.8 Å². The molecule has 90 valence electrons. The molecule has 2 aliphatic heterocycles. The molecule has 0 aromatic carbocycles. The van der Waals surface area contributed by atoms with E-state index in [1.807, 2.05) is 6.92 Å². The fourth-order valence-electron chi connectivity index (χ4n) is 3.11. The van der Waals surface area contributed by atoms with Gasteiger partial charge in [0, 0.05) is 0 Å². The number of nitrogens with zero attached hydrogens (tertiary/aromatic N) is 1. The van der Waals surface area contributed by atoms with Gasteiger partial charge in [0.15, 0.2) is 0 Å². The van der Waals surface area contributed by atoms with E-state index in [9.17, 15) is 10.4 Å². The summed E-state index contributed by atoms with van der Waals surface area (Å²) < 4.78 is 11.0. The Bertz CT molecular complexity index is 475. The number of aliphatic hydroxyl groups excluding tert-OH is 1. The predicted molar refractivity (Wildman–Crippen MR) is 59.0 cm³/mol. The zero-order valence-corrected chi connectivity index (χ0v) is 9.72. The van der Waals surface area contributed by atoms with Crippen molar-refractivity contribution in [3.05, 3.63) is 23.7 Å². The Morgan fingerprint density at radius 3 is 2.88 bits per heavy atom. The third-order valence-corrected chi connectivity index (χ3v) is 4.09. The quantitative estimate of drug-likeness (QED) is 0.849. The van der Waals surface area contributed by atoms with Crippen LogP contribution in [-0.4, -0.2) is 17.3 Å². The predicted octanol–water partition coefficient (Wildman–Crippen LogP) is 2.08. The van der Waals surface area contributed by atoms with Crippen LogP contribution in [0.4, 0.5) is 0 Å². The third kappa shape index (κ3) is 1.36. The second kappa shape index (κ2) is 3.59. The molecule has 0 radical (unpaired) electrons. The van der Waals surface area contributed by atoms with Gasteiger partial charge in [0.1, 0.15) is 17.3 Å². The molecule has 4 nitrogen and oxygen atoms in total. The van der Waals surface area contributed by atoms with Crippen molar-refractivity contribution >= 4 is 0 Å². The summed E-state index contributed by atoms with van der Waals surface area (Å²) in [5, 5.41) is 19.9. The number of fused-ring (bicyclic) bond motifs is 2. The molecule has 3 rings (SSSR count). The summed E-state index contributed by atoms with van der Waals surface area (Å²) in [6.07, 6.45) is 3.09. The van der Waals surface area contributed by atoms with Crippen LogP contribution in [0.2, 0.25) is 0 Å². The Labute approximate surface area is 99.8 Å². The molecule has 1 aromatic rings. The van der Waals surface area contributed by atoms with Crippen LogP contribution in [0.25, 0.3) is 0 Å². The van der Waals surface area contributed by atoms with Gasteiger partial charge in [-0.3, -0.25) is 0 Å². The SMILES string of the molecule is Cc1ccoc1C(O)C1(C#N)CC2CCC1O2. The lowest BCUT2D eigenvalue weighted by atomic mass is 9.70. The highest BCUT2D eigenvalue weighted by Gasteiger charge is 2.58. The van der Waals surface area contributed by atoms with Crippen molar-refractivity contribution in [1.29, 1.82) is 5.26 Å². The molecule has 0 saturated carbocycles. The smallest absolute Gasteiger partial charge is 0.136 e. The van der Waals surface area contributed by atoms with Crippen molar-refractivity contribution in [2.24, 2.45) is 5.41 Å². The van der Waals surface area contributed by atoms with Crippen LogP contribution in [0.5, 0.6) is 0 Å². The molecule has 2 bridgehead atoms. The van der Waals surface area contributed by atoms with Crippen molar-refractivity contribution in [1.82, 2.24) is 0 Å². The highest BCUT2D eigenvalue weighted by Crippen LogP contribution is 2.54. The maximum atomic E-state index is 10.5. The van der Waals surface area contributed by atoms with E-state index in [1.165, 1.54) is 0 Å². The number of hydrogen-bond acceptors (Lipinski definition) is 4. The van der Waals surface area contributed by atoms with Gasteiger partial charge in [-0.25, -0.2) is 0 Å². The van der Waals surface area contributed by atoms with Crippen molar-refractivity contribution < 1.29 is 14.3 Å². The van der Waals surface area contributed by atoms with Crippen molar-refractivity contribution in [2.75, 3.05) is 0 Å². The summed E-state index contributed by atoms with van der Waals surface area (Å²) in [4.78, 5) is 0. The van der Waals surface area contributed by atoms with Crippen LogP contribution in [0.1, 0.15) is 36.7 Å². The monoisotopic (exact) mass is 233 g/mol. The zero-order chi connectivity index (χ0) is 12.0. The van der Waals surface area contributed by atoms with E-state index in [0.717, 1.165) is 18.4 Å². The molecule has 2 saturated heterocycles. The van der Waals surface area contributed by atoms with Crippen molar-refractivity contribution in [3.8, 4) is 6.07 Å². The molecule has 2 fully saturated rings. The summed E-state index contributed by atoms with van der Waals surface area (Å²) in [5.41, 5.74) is 0.0563. The normalized spacial score (nSPS) is 37.0. The molecule has 4 heteroatoms. The molecule has 4 atom stereocenters. The second-order valence-corrected chi connectivity index (χ2v) is 5.05. The largest absolute Gasteiger partial charge is 0.466 e. The number of ether oxygens (including phenoxy) is 1. The molecule has 0 spiro atoms. The molecule has 2 aliphatic rings. The van der Waals surface area contributed by atoms with Crippen molar-refractivity contribution in [3.63, 3.8) is 0 Å². The third-order valence-electron chi connectivity index (χ3n) is 4.09. The molecule has 3 heterocycles. The highest BCUT2D eigenvalue weighted by atomic mass is 16.5. The highest BCUT2D eigenvalue weighted by molar-refractivity contribution is 5.25. The molecule has 1 aromatic heterocycles. The molecule has 17 heavy (non-hydrogen) atoms. The Hall–Kier alpha value is -1.31. The van der Waals surface area contributed by atoms with E-state index in [1.54, 1.807) is 12.3 Å².